The van der Waals surface area contributed by atoms with Crippen molar-refractivity contribution in [1.29, 1.82) is 0 Å². The van der Waals surface area contributed by atoms with E-state index in [2.05, 4.69) is 10.6 Å². The number of likely N-dealkylation sites (tertiary alicyclic amines) is 1. The number of ether oxygens (including phenoxy) is 1. The molecule has 1 aliphatic heterocycles. The van der Waals surface area contributed by atoms with Crippen molar-refractivity contribution in [3.63, 3.8) is 0 Å². The first-order chi connectivity index (χ1) is 15.9. The van der Waals surface area contributed by atoms with Crippen molar-refractivity contribution in [1.82, 2.24) is 10.2 Å². The normalized spacial score (nSPS) is 15.7. The predicted molar refractivity (Wildman–Crippen MR) is 121 cm³/mol. The van der Waals surface area contributed by atoms with Gasteiger partial charge in [0.25, 0.3) is 5.91 Å². The molecule has 1 aliphatic rings. The van der Waals surface area contributed by atoms with Gasteiger partial charge in [-0.25, -0.2) is 4.79 Å². The molecule has 0 radical (unpaired) electrons. The third kappa shape index (κ3) is 5.99. The standard InChI is InChI=1S/C24H28F3N3O4/c1-15(2)23(33)8-10-30(11-9-23)22(32)29-18-12-17(24(25,26)27)13-20(14-18)34-19-6-4-16(5-7-19)21(31)28-3/h4-7,12-15,33H,8-11H2,1-3H3,(H,28,31)(H,29,32). The molecule has 0 aliphatic carbocycles. The van der Waals surface area contributed by atoms with Crippen molar-refractivity contribution in [2.45, 2.75) is 38.5 Å². The average Bonchev–Trinajstić information content (AvgIpc) is 2.78. The van der Waals surface area contributed by atoms with Gasteiger partial charge in [0, 0.05) is 37.5 Å². The van der Waals surface area contributed by atoms with Crippen molar-refractivity contribution in [2.24, 2.45) is 5.92 Å². The van der Waals surface area contributed by atoms with Crippen LogP contribution in [0.3, 0.4) is 0 Å². The maximum Gasteiger partial charge on any atom is 0.416 e. The summed E-state index contributed by atoms with van der Waals surface area (Å²) in [5, 5.41) is 15.6. The smallest absolute Gasteiger partial charge is 0.416 e. The Hall–Kier alpha value is -3.27. The molecule has 1 saturated heterocycles. The Balaban J connectivity index is 1.77. The number of hydrogen-bond donors (Lipinski definition) is 3. The van der Waals surface area contributed by atoms with Gasteiger partial charge in [-0.1, -0.05) is 13.8 Å². The van der Waals surface area contributed by atoms with Crippen LogP contribution in [0.1, 0.15) is 42.6 Å². The molecule has 2 aromatic rings. The summed E-state index contributed by atoms with van der Waals surface area (Å²) < 4.78 is 46.0. The van der Waals surface area contributed by atoms with E-state index < -0.39 is 23.4 Å². The van der Waals surface area contributed by atoms with Crippen LogP contribution in [0, 0.1) is 5.92 Å². The maximum atomic E-state index is 13.5. The second-order valence-corrected chi connectivity index (χ2v) is 8.62. The number of aliphatic hydroxyl groups is 1. The van der Waals surface area contributed by atoms with Gasteiger partial charge in [0.15, 0.2) is 0 Å². The molecule has 1 heterocycles. The van der Waals surface area contributed by atoms with E-state index in [4.69, 9.17) is 4.74 Å². The van der Waals surface area contributed by atoms with Crippen LogP contribution in [0.15, 0.2) is 42.5 Å². The fourth-order valence-corrected chi connectivity index (χ4v) is 3.73. The quantitative estimate of drug-likeness (QED) is 0.571. The summed E-state index contributed by atoms with van der Waals surface area (Å²) in [5.41, 5.74) is -1.53. The Morgan fingerprint density at radius 3 is 2.21 bits per heavy atom. The number of nitrogens with one attached hydrogen (secondary N) is 2. The van der Waals surface area contributed by atoms with Gasteiger partial charge in [-0.2, -0.15) is 13.2 Å². The largest absolute Gasteiger partial charge is 0.457 e. The van der Waals surface area contributed by atoms with Crippen LogP contribution in [0.5, 0.6) is 11.5 Å². The number of carbonyl (C=O) groups excluding carboxylic acids is 2. The summed E-state index contributed by atoms with van der Waals surface area (Å²) in [4.78, 5) is 25.8. The van der Waals surface area contributed by atoms with Crippen LogP contribution in [-0.4, -0.2) is 47.7 Å². The number of carbonyl (C=O) groups is 2. The molecule has 0 atom stereocenters. The van der Waals surface area contributed by atoms with Crippen molar-refractivity contribution in [3.05, 3.63) is 53.6 Å². The van der Waals surface area contributed by atoms with E-state index >= 15 is 0 Å². The molecule has 1 fully saturated rings. The van der Waals surface area contributed by atoms with Crippen LogP contribution >= 0.6 is 0 Å². The molecule has 10 heteroatoms. The number of amides is 3. The number of piperidine rings is 1. The third-order valence-corrected chi connectivity index (χ3v) is 6.06. The van der Waals surface area contributed by atoms with E-state index in [0.29, 0.717) is 31.5 Å². The maximum absolute atomic E-state index is 13.5. The fraction of sp³-hybridized carbons (Fsp3) is 0.417. The third-order valence-electron chi connectivity index (χ3n) is 6.06. The Kier molecular flexibility index (Phi) is 7.40. The lowest BCUT2D eigenvalue weighted by atomic mass is 9.82. The number of halogens is 3. The first-order valence-electron chi connectivity index (χ1n) is 10.9. The second-order valence-electron chi connectivity index (χ2n) is 8.62. The topological polar surface area (TPSA) is 90.9 Å². The van der Waals surface area contributed by atoms with Crippen LogP contribution < -0.4 is 15.4 Å². The minimum atomic E-state index is -4.65. The summed E-state index contributed by atoms with van der Waals surface area (Å²) in [6.45, 7) is 4.40. The van der Waals surface area contributed by atoms with E-state index in [-0.39, 0.29) is 29.0 Å². The molecule has 0 unspecified atom stereocenters. The zero-order chi connectivity index (χ0) is 25.1. The summed E-state index contributed by atoms with van der Waals surface area (Å²) >= 11 is 0. The molecule has 34 heavy (non-hydrogen) atoms. The molecule has 0 aromatic heterocycles. The first kappa shape index (κ1) is 25.4. The van der Waals surface area contributed by atoms with E-state index in [1.165, 1.54) is 42.3 Å². The highest BCUT2D eigenvalue weighted by molar-refractivity contribution is 5.94. The molecular weight excluding hydrogens is 451 g/mol. The van der Waals surface area contributed by atoms with Gasteiger partial charge >= 0.3 is 12.2 Å². The molecule has 3 amide bonds. The lowest BCUT2D eigenvalue weighted by Gasteiger charge is -2.40. The van der Waals surface area contributed by atoms with Crippen molar-refractivity contribution < 1.29 is 32.6 Å². The molecule has 3 rings (SSSR count). The zero-order valence-corrected chi connectivity index (χ0v) is 19.2. The van der Waals surface area contributed by atoms with Crippen LogP contribution in [0.25, 0.3) is 0 Å². The van der Waals surface area contributed by atoms with Crippen LogP contribution in [0.2, 0.25) is 0 Å². The lowest BCUT2D eigenvalue weighted by Crippen LogP contribution is -2.50. The predicted octanol–water partition coefficient (Wildman–Crippen LogP) is 4.87. The Bertz CT molecular complexity index is 1030. The van der Waals surface area contributed by atoms with E-state index in [9.17, 15) is 27.9 Å². The van der Waals surface area contributed by atoms with Crippen LogP contribution in [-0.2, 0) is 6.18 Å². The average molecular weight is 479 g/mol. The Morgan fingerprint density at radius 1 is 1.06 bits per heavy atom. The van der Waals surface area contributed by atoms with Gasteiger partial charge in [0.05, 0.1) is 11.2 Å². The van der Waals surface area contributed by atoms with Gasteiger partial charge in [0.2, 0.25) is 0 Å². The molecule has 0 spiro atoms. The minimum absolute atomic E-state index is 0.0336. The number of nitrogens with zero attached hydrogens (tertiary/aromatic N) is 1. The fourth-order valence-electron chi connectivity index (χ4n) is 3.73. The van der Waals surface area contributed by atoms with Gasteiger partial charge in [-0.05, 0) is 55.2 Å². The lowest BCUT2D eigenvalue weighted by molar-refractivity contribution is -0.137. The number of alkyl halides is 3. The summed E-state index contributed by atoms with van der Waals surface area (Å²) in [6, 6.07) is 8.33. The molecule has 184 valence electrons. The van der Waals surface area contributed by atoms with Crippen molar-refractivity contribution in [3.8, 4) is 11.5 Å². The summed E-state index contributed by atoms with van der Waals surface area (Å²) in [6.07, 6.45) is -3.87. The summed E-state index contributed by atoms with van der Waals surface area (Å²) in [5.74, 6) is -0.162. The van der Waals surface area contributed by atoms with Gasteiger partial charge < -0.3 is 25.4 Å². The van der Waals surface area contributed by atoms with Crippen LogP contribution in [0.4, 0.5) is 23.7 Å². The van der Waals surface area contributed by atoms with Gasteiger partial charge in [-0.15, -0.1) is 0 Å². The second kappa shape index (κ2) is 9.92. The van der Waals surface area contributed by atoms with Gasteiger partial charge in [0.1, 0.15) is 11.5 Å². The Morgan fingerprint density at radius 2 is 1.68 bits per heavy atom. The summed E-state index contributed by atoms with van der Waals surface area (Å²) in [7, 11) is 1.49. The SMILES string of the molecule is CNC(=O)c1ccc(Oc2cc(NC(=O)N3CCC(O)(C(C)C)CC3)cc(C(F)(F)F)c2)cc1. The number of hydrogen-bond acceptors (Lipinski definition) is 4. The first-order valence-corrected chi connectivity index (χ1v) is 10.9. The number of anilines is 1. The van der Waals surface area contributed by atoms with E-state index in [1.54, 1.807) is 0 Å². The highest BCUT2D eigenvalue weighted by Crippen LogP contribution is 2.36. The number of urea groups is 1. The van der Waals surface area contributed by atoms with Gasteiger partial charge in [-0.3, -0.25) is 4.79 Å². The highest BCUT2D eigenvalue weighted by Gasteiger charge is 2.37. The van der Waals surface area contributed by atoms with E-state index in [1.807, 2.05) is 13.8 Å². The minimum Gasteiger partial charge on any atom is -0.457 e. The van der Waals surface area contributed by atoms with Crippen molar-refractivity contribution >= 4 is 17.6 Å². The molecular formula is C24H28F3N3O4. The molecule has 0 saturated carbocycles. The molecule has 3 N–H and O–H groups in total. The highest BCUT2D eigenvalue weighted by atomic mass is 19.4. The Labute approximate surface area is 195 Å². The monoisotopic (exact) mass is 479 g/mol. The zero-order valence-electron chi connectivity index (χ0n) is 19.2. The van der Waals surface area contributed by atoms with Crippen molar-refractivity contribution in [2.75, 3.05) is 25.5 Å². The number of rotatable bonds is 5. The molecule has 2 aromatic carbocycles. The van der Waals surface area contributed by atoms with E-state index in [0.717, 1.165) is 12.1 Å². The molecule has 0 bridgehead atoms. The number of benzene rings is 2. The molecule has 7 nitrogen and oxygen atoms in total.